The molecule has 1 unspecified atom stereocenters. The van der Waals surface area contributed by atoms with Crippen molar-refractivity contribution in [1.82, 2.24) is 9.47 Å². The summed E-state index contributed by atoms with van der Waals surface area (Å²) in [5, 5.41) is 6.31. The number of oxime groups is 1. The highest BCUT2D eigenvalue weighted by atomic mass is 16.7. The molecular formula is C36H35N3O4. The van der Waals surface area contributed by atoms with Gasteiger partial charge in [0.25, 0.3) is 0 Å². The third kappa shape index (κ3) is 5.61. The van der Waals surface area contributed by atoms with E-state index < -0.39 is 12.0 Å². The van der Waals surface area contributed by atoms with Crippen molar-refractivity contribution in [1.29, 1.82) is 0 Å². The summed E-state index contributed by atoms with van der Waals surface area (Å²) in [6, 6.07) is 28.8. The van der Waals surface area contributed by atoms with Gasteiger partial charge in [-0.25, -0.2) is 4.79 Å². The quantitative estimate of drug-likeness (QED) is 0.0895. The van der Waals surface area contributed by atoms with E-state index in [1.807, 2.05) is 92.7 Å². The molecular weight excluding hydrogens is 538 g/mol. The summed E-state index contributed by atoms with van der Waals surface area (Å²) < 4.78 is 7.75. The Morgan fingerprint density at radius 3 is 2.16 bits per heavy atom. The first kappa shape index (κ1) is 28.5. The molecule has 1 aromatic heterocycles. The summed E-state index contributed by atoms with van der Waals surface area (Å²) in [6.07, 6.45) is 0. The van der Waals surface area contributed by atoms with Crippen molar-refractivity contribution in [2.45, 2.75) is 33.4 Å². The number of fused-ring (bicyclic) bond motifs is 3. The average molecular weight is 574 g/mol. The van der Waals surface area contributed by atoms with Crippen LogP contribution in [0, 0.1) is 6.92 Å². The van der Waals surface area contributed by atoms with E-state index in [1.165, 1.54) is 0 Å². The summed E-state index contributed by atoms with van der Waals surface area (Å²) >= 11 is 0. The number of hydrogen-bond acceptors (Lipinski definition) is 6. The number of morpholine rings is 1. The molecule has 0 radical (unpaired) electrons. The fourth-order valence-electron chi connectivity index (χ4n) is 5.98. The molecule has 4 aromatic carbocycles. The molecule has 0 aliphatic carbocycles. The molecule has 0 spiro atoms. The topological polar surface area (TPSA) is 73.1 Å². The van der Waals surface area contributed by atoms with Gasteiger partial charge < -0.3 is 14.1 Å². The third-order valence-electron chi connectivity index (χ3n) is 8.27. The first-order valence-corrected chi connectivity index (χ1v) is 14.7. The molecule has 1 fully saturated rings. The van der Waals surface area contributed by atoms with Gasteiger partial charge in [-0.3, -0.25) is 9.69 Å². The highest BCUT2D eigenvalue weighted by molar-refractivity contribution is 6.16. The molecule has 1 saturated heterocycles. The van der Waals surface area contributed by atoms with Crippen molar-refractivity contribution in [3.63, 3.8) is 0 Å². The predicted molar refractivity (Wildman–Crippen MR) is 170 cm³/mol. The number of carbonyl (C=O) groups excluding carboxylic acids is 2. The minimum Gasteiger partial charge on any atom is -0.379 e. The Morgan fingerprint density at radius 2 is 1.49 bits per heavy atom. The molecule has 7 nitrogen and oxygen atoms in total. The third-order valence-corrected chi connectivity index (χ3v) is 8.27. The monoisotopic (exact) mass is 573 g/mol. The normalized spacial score (nSPS) is 15.1. The lowest BCUT2D eigenvalue weighted by Gasteiger charge is -2.32. The standard InChI is InChI=1S/C36H35N3O4/c1-4-39-32-16-14-27(22-30(32)31-23-28(15-17-33(31)39)35(40)29-13-9-8-10-24(29)2)25(3)37-43-36(41)34(26-11-6-5-7-12-26)38-18-20-42-21-19-38/h5-17,22-23,34H,4,18-21H2,1-3H3. The largest absolute Gasteiger partial charge is 0.379 e. The minimum absolute atomic E-state index is 0.00597. The van der Waals surface area contributed by atoms with Gasteiger partial charge in [-0.1, -0.05) is 65.8 Å². The van der Waals surface area contributed by atoms with E-state index in [-0.39, 0.29) is 5.78 Å². The van der Waals surface area contributed by atoms with E-state index in [0.717, 1.165) is 45.0 Å². The predicted octanol–water partition coefficient (Wildman–Crippen LogP) is 6.69. The molecule has 0 N–H and O–H groups in total. The molecule has 0 bridgehead atoms. The van der Waals surface area contributed by atoms with Gasteiger partial charge in [-0.2, -0.15) is 0 Å². The Bertz CT molecular complexity index is 1830. The molecule has 218 valence electrons. The van der Waals surface area contributed by atoms with Crippen molar-refractivity contribution >= 4 is 39.3 Å². The van der Waals surface area contributed by atoms with Crippen LogP contribution in [0.2, 0.25) is 0 Å². The lowest BCUT2D eigenvalue weighted by Crippen LogP contribution is -2.42. The second-order valence-electron chi connectivity index (χ2n) is 10.9. The Kier molecular flexibility index (Phi) is 8.18. The second kappa shape index (κ2) is 12.3. The maximum atomic E-state index is 13.4. The van der Waals surface area contributed by atoms with E-state index in [9.17, 15) is 9.59 Å². The highest BCUT2D eigenvalue weighted by Gasteiger charge is 2.31. The van der Waals surface area contributed by atoms with Gasteiger partial charge in [-0.05, 0) is 67.8 Å². The first-order chi connectivity index (χ1) is 21.0. The summed E-state index contributed by atoms with van der Waals surface area (Å²) in [7, 11) is 0. The maximum absolute atomic E-state index is 13.4. The molecule has 7 heteroatoms. The van der Waals surface area contributed by atoms with Crippen molar-refractivity contribution in [2.75, 3.05) is 26.3 Å². The summed E-state index contributed by atoms with van der Waals surface area (Å²) in [6.45, 7) is 9.13. The van der Waals surface area contributed by atoms with Crippen LogP contribution in [-0.4, -0.2) is 53.2 Å². The molecule has 6 rings (SSSR count). The fraction of sp³-hybridized carbons (Fsp3) is 0.250. The van der Waals surface area contributed by atoms with E-state index in [0.29, 0.717) is 43.1 Å². The van der Waals surface area contributed by atoms with Crippen LogP contribution in [0.5, 0.6) is 0 Å². The Balaban J connectivity index is 1.33. The van der Waals surface area contributed by atoms with Crippen LogP contribution < -0.4 is 0 Å². The number of hydrogen-bond donors (Lipinski definition) is 0. The van der Waals surface area contributed by atoms with Gasteiger partial charge in [-0.15, -0.1) is 0 Å². The van der Waals surface area contributed by atoms with E-state index in [1.54, 1.807) is 0 Å². The van der Waals surface area contributed by atoms with Crippen molar-refractivity contribution in [3.8, 4) is 0 Å². The van der Waals surface area contributed by atoms with Gasteiger partial charge in [0.15, 0.2) is 5.78 Å². The smallest absolute Gasteiger partial charge is 0.356 e. The van der Waals surface area contributed by atoms with Crippen molar-refractivity contribution in [3.05, 3.63) is 119 Å². The molecule has 1 aliphatic heterocycles. The Labute approximate surface area is 251 Å². The van der Waals surface area contributed by atoms with Crippen LogP contribution >= 0.6 is 0 Å². The minimum atomic E-state index is -0.559. The molecule has 2 heterocycles. The number of nitrogens with zero attached hydrogens (tertiary/aromatic N) is 3. The molecule has 43 heavy (non-hydrogen) atoms. The van der Waals surface area contributed by atoms with Crippen LogP contribution in [0.15, 0.2) is 96.2 Å². The first-order valence-electron chi connectivity index (χ1n) is 14.7. The van der Waals surface area contributed by atoms with Crippen LogP contribution in [0.1, 0.15) is 52.5 Å². The maximum Gasteiger partial charge on any atom is 0.356 e. The number of ketones is 1. The van der Waals surface area contributed by atoms with Crippen molar-refractivity contribution < 1.29 is 19.2 Å². The molecule has 0 amide bonds. The fourth-order valence-corrected chi connectivity index (χ4v) is 5.98. The summed E-state index contributed by atoms with van der Waals surface area (Å²) in [5.74, 6) is -0.415. The number of aryl methyl sites for hydroxylation is 2. The number of ether oxygens (including phenoxy) is 1. The van der Waals surface area contributed by atoms with Gasteiger partial charge in [0.2, 0.25) is 0 Å². The lowest BCUT2D eigenvalue weighted by atomic mass is 9.97. The molecule has 0 saturated carbocycles. The number of benzene rings is 4. The van der Waals surface area contributed by atoms with Crippen molar-refractivity contribution in [2.24, 2.45) is 5.16 Å². The zero-order valence-electron chi connectivity index (χ0n) is 24.7. The Hall–Kier alpha value is -4.59. The zero-order valence-corrected chi connectivity index (χ0v) is 24.7. The van der Waals surface area contributed by atoms with Crippen LogP contribution in [-0.2, 0) is 20.9 Å². The lowest BCUT2D eigenvalue weighted by molar-refractivity contribution is -0.152. The van der Waals surface area contributed by atoms with Crippen LogP contribution in [0.4, 0.5) is 0 Å². The van der Waals surface area contributed by atoms with E-state index >= 15 is 0 Å². The van der Waals surface area contributed by atoms with Gasteiger partial charge in [0, 0.05) is 52.6 Å². The van der Waals surface area contributed by atoms with Gasteiger partial charge in [0.05, 0.1) is 18.9 Å². The van der Waals surface area contributed by atoms with Gasteiger partial charge in [0.1, 0.15) is 6.04 Å². The summed E-state index contributed by atoms with van der Waals surface area (Å²) in [4.78, 5) is 34.5. The van der Waals surface area contributed by atoms with E-state index in [4.69, 9.17) is 9.57 Å². The highest BCUT2D eigenvalue weighted by Crippen LogP contribution is 2.32. The average Bonchev–Trinajstić information content (AvgIpc) is 3.37. The second-order valence-corrected chi connectivity index (χ2v) is 10.9. The molecule has 1 aliphatic rings. The summed E-state index contributed by atoms with van der Waals surface area (Å²) in [5.41, 5.74) is 6.75. The molecule has 1 atom stereocenters. The number of rotatable bonds is 8. The Morgan fingerprint density at radius 1 is 0.860 bits per heavy atom. The number of aromatic nitrogens is 1. The van der Waals surface area contributed by atoms with Gasteiger partial charge >= 0.3 is 5.97 Å². The van der Waals surface area contributed by atoms with Crippen LogP contribution in [0.3, 0.4) is 0 Å². The SMILES string of the molecule is CCn1c2ccc(C(=O)c3ccccc3C)cc2c2cc(C(C)=NOC(=O)C(c3ccccc3)N3CCOCC3)ccc21. The van der Waals surface area contributed by atoms with E-state index in [2.05, 4.69) is 33.7 Å². The number of carbonyl (C=O) groups is 2. The molecule has 5 aromatic rings. The van der Waals surface area contributed by atoms with Crippen LogP contribution in [0.25, 0.3) is 21.8 Å². The zero-order chi connectivity index (χ0) is 29.9.